The number of rotatable bonds is 8. The number of carbonyl (C=O) groups is 1. The van der Waals surface area contributed by atoms with Gasteiger partial charge in [-0.1, -0.05) is 0 Å². The average Bonchev–Trinajstić information content (AvgIpc) is 3.44. The predicted molar refractivity (Wildman–Crippen MR) is 113 cm³/mol. The molecule has 0 saturated heterocycles. The van der Waals surface area contributed by atoms with E-state index >= 15 is 0 Å². The molecule has 0 bridgehead atoms. The van der Waals surface area contributed by atoms with E-state index in [1.54, 1.807) is 29.6 Å². The van der Waals surface area contributed by atoms with Crippen LogP contribution in [0.1, 0.15) is 10.5 Å². The number of aromatic nitrogens is 3. The lowest BCUT2D eigenvalue weighted by Crippen LogP contribution is -2.12. The second-order valence-corrected chi connectivity index (χ2v) is 7.32. The van der Waals surface area contributed by atoms with Crippen LogP contribution in [0.25, 0.3) is 22.5 Å². The highest BCUT2D eigenvalue weighted by atomic mass is 32.1. The minimum absolute atomic E-state index is 0.0120. The van der Waals surface area contributed by atoms with Crippen LogP contribution < -0.4 is 14.8 Å². The van der Waals surface area contributed by atoms with Gasteiger partial charge in [0, 0.05) is 16.5 Å². The van der Waals surface area contributed by atoms with Gasteiger partial charge in [0.25, 0.3) is 5.91 Å². The molecule has 33 heavy (non-hydrogen) atoms. The highest BCUT2D eigenvalue weighted by Gasteiger charge is 2.14. The molecule has 2 aromatic carbocycles. The van der Waals surface area contributed by atoms with Crippen LogP contribution in [0.3, 0.4) is 0 Å². The fourth-order valence-electron chi connectivity index (χ4n) is 2.83. The molecule has 170 valence electrons. The summed E-state index contributed by atoms with van der Waals surface area (Å²) in [6.45, 7) is -5.82. The van der Waals surface area contributed by atoms with Crippen LogP contribution in [0.4, 0.5) is 22.7 Å². The molecule has 0 unspecified atom stereocenters. The number of hydrogen-bond acceptors (Lipinski definition) is 6. The molecule has 0 saturated carbocycles. The highest BCUT2D eigenvalue weighted by molar-refractivity contribution is 7.14. The summed E-state index contributed by atoms with van der Waals surface area (Å²) in [6.07, 6.45) is 0. The van der Waals surface area contributed by atoms with Gasteiger partial charge in [-0.3, -0.25) is 15.2 Å². The molecule has 2 N–H and O–H groups in total. The first kappa shape index (κ1) is 22.3. The lowest BCUT2D eigenvalue weighted by molar-refractivity contribution is -0.0505. The molecule has 0 atom stereocenters. The third-order valence-electron chi connectivity index (χ3n) is 4.30. The minimum Gasteiger partial charge on any atom is -0.435 e. The predicted octanol–water partition coefficient (Wildman–Crippen LogP) is 5.66. The van der Waals surface area contributed by atoms with Crippen molar-refractivity contribution in [1.82, 2.24) is 15.2 Å². The van der Waals surface area contributed by atoms with Crippen LogP contribution in [0.5, 0.6) is 11.5 Å². The largest absolute Gasteiger partial charge is 0.435 e. The van der Waals surface area contributed by atoms with E-state index in [0.29, 0.717) is 27.6 Å². The standard InChI is InChI=1S/C21H14F4N4O3S/c22-19(23)31-13-5-1-11(2-6-13)15-9-16(29-28-15)18(30)27-21-26-17(10-33-21)12-3-7-14(8-4-12)32-20(24)25/h1-10,19-20H,(H,28,29)(H,26,27,30). The summed E-state index contributed by atoms with van der Waals surface area (Å²) in [5.74, 6) is -0.435. The van der Waals surface area contributed by atoms with Gasteiger partial charge in [-0.25, -0.2) is 4.98 Å². The number of hydrogen-bond donors (Lipinski definition) is 2. The molecule has 12 heteroatoms. The van der Waals surface area contributed by atoms with Crippen LogP contribution in [-0.4, -0.2) is 34.3 Å². The first-order chi connectivity index (χ1) is 15.9. The van der Waals surface area contributed by atoms with Crippen LogP contribution >= 0.6 is 11.3 Å². The summed E-state index contributed by atoms with van der Waals surface area (Å²) in [7, 11) is 0. The third kappa shape index (κ3) is 5.66. The van der Waals surface area contributed by atoms with Crippen molar-refractivity contribution in [3.63, 3.8) is 0 Å². The number of nitrogens with zero attached hydrogens (tertiary/aromatic N) is 2. The van der Waals surface area contributed by atoms with E-state index in [4.69, 9.17) is 0 Å². The topological polar surface area (TPSA) is 89.1 Å². The molecule has 1 amide bonds. The first-order valence-corrected chi connectivity index (χ1v) is 10.2. The van der Waals surface area contributed by atoms with E-state index in [9.17, 15) is 22.4 Å². The van der Waals surface area contributed by atoms with Gasteiger partial charge in [0.05, 0.1) is 11.4 Å². The molecule has 0 aliphatic rings. The van der Waals surface area contributed by atoms with Crippen LogP contribution in [0.2, 0.25) is 0 Å². The molecule has 2 aromatic heterocycles. The van der Waals surface area contributed by atoms with Gasteiger partial charge in [-0.05, 0) is 54.6 Å². The van der Waals surface area contributed by atoms with Crippen molar-refractivity contribution in [2.45, 2.75) is 13.2 Å². The summed E-state index contributed by atoms with van der Waals surface area (Å²) in [5.41, 5.74) is 2.42. The lowest BCUT2D eigenvalue weighted by Gasteiger charge is -2.04. The van der Waals surface area contributed by atoms with Crippen LogP contribution in [0.15, 0.2) is 60.0 Å². The Morgan fingerprint density at radius 2 is 1.42 bits per heavy atom. The summed E-state index contributed by atoms with van der Waals surface area (Å²) in [6, 6.07) is 13.3. The van der Waals surface area contributed by atoms with Crippen molar-refractivity contribution in [1.29, 1.82) is 0 Å². The Morgan fingerprint density at radius 3 is 1.97 bits per heavy atom. The van der Waals surface area contributed by atoms with Crippen molar-refractivity contribution >= 4 is 22.4 Å². The maximum atomic E-state index is 12.5. The third-order valence-corrected chi connectivity index (χ3v) is 5.06. The van der Waals surface area contributed by atoms with E-state index in [2.05, 4.69) is 30.0 Å². The Bertz CT molecular complexity index is 1230. The van der Waals surface area contributed by atoms with Crippen molar-refractivity contribution in [2.24, 2.45) is 0 Å². The molecule has 4 aromatic rings. The van der Waals surface area contributed by atoms with E-state index in [1.165, 1.54) is 41.7 Å². The quantitative estimate of drug-likeness (QED) is 0.319. The number of alkyl halides is 4. The Hall–Kier alpha value is -3.93. The number of amides is 1. The number of thiazole rings is 1. The summed E-state index contributed by atoms with van der Waals surface area (Å²) in [4.78, 5) is 16.8. The maximum Gasteiger partial charge on any atom is 0.387 e. The van der Waals surface area contributed by atoms with Gasteiger partial charge in [0.15, 0.2) is 5.13 Å². The zero-order valence-electron chi connectivity index (χ0n) is 16.5. The summed E-state index contributed by atoms with van der Waals surface area (Å²) < 4.78 is 57.6. The number of nitrogens with one attached hydrogen (secondary N) is 2. The normalized spacial score (nSPS) is 11.1. The SMILES string of the molecule is O=C(Nc1nc(-c2ccc(OC(F)F)cc2)cs1)c1cc(-c2ccc(OC(F)F)cc2)n[nH]1. The average molecular weight is 478 g/mol. The number of benzene rings is 2. The number of halogens is 4. The lowest BCUT2D eigenvalue weighted by atomic mass is 10.1. The number of anilines is 1. The second kappa shape index (κ2) is 9.69. The van der Waals surface area contributed by atoms with Crippen molar-refractivity contribution in [2.75, 3.05) is 5.32 Å². The zero-order valence-corrected chi connectivity index (χ0v) is 17.3. The van der Waals surface area contributed by atoms with E-state index in [1.807, 2.05) is 0 Å². The smallest absolute Gasteiger partial charge is 0.387 e. The van der Waals surface area contributed by atoms with E-state index in [-0.39, 0.29) is 17.2 Å². The molecular formula is C21H14F4N4O3S. The van der Waals surface area contributed by atoms with E-state index < -0.39 is 19.1 Å². The molecule has 0 radical (unpaired) electrons. The Morgan fingerprint density at radius 1 is 0.879 bits per heavy atom. The van der Waals surface area contributed by atoms with Gasteiger partial charge in [-0.2, -0.15) is 22.7 Å². The van der Waals surface area contributed by atoms with Gasteiger partial charge < -0.3 is 9.47 Å². The molecule has 0 fully saturated rings. The van der Waals surface area contributed by atoms with Gasteiger partial charge >= 0.3 is 13.2 Å². The number of aromatic amines is 1. The van der Waals surface area contributed by atoms with Crippen LogP contribution in [0, 0.1) is 0 Å². The highest BCUT2D eigenvalue weighted by Crippen LogP contribution is 2.28. The Labute approximate surface area is 188 Å². The van der Waals surface area contributed by atoms with Gasteiger partial charge in [0.1, 0.15) is 17.2 Å². The maximum absolute atomic E-state index is 12.5. The number of carbonyl (C=O) groups excluding carboxylic acids is 1. The van der Waals surface area contributed by atoms with Crippen molar-refractivity contribution in [3.05, 3.63) is 65.7 Å². The molecule has 0 spiro atoms. The summed E-state index contributed by atoms with van der Waals surface area (Å²) in [5, 5.41) is 11.4. The molecule has 0 aliphatic heterocycles. The van der Waals surface area contributed by atoms with Crippen molar-refractivity contribution < 1.29 is 31.8 Å². The molecule has 0 aliphatic carbocycles. The number of ether oxygens (including phenoxy) is 2. The Kier molecular flexibility index (Phi) is 6.54. The first-order valence-electron chi connectivity index (χ1n) is 9.30. The fourth-order valence-corrected chi connectivity index (χ4v) is 3.54. The second-order valence-electron chi connectivity index (χ2n) is 6.46. The Balaban J connectivity index is 1.40. The minimum atomic E-state index is -2.92. The van der Waals surface area contributed by atoms with Gasteiger partial charge in [-0.15, -0.1) is 11.3 Å². The monoisotopic (exact) mass is 478 g/mol. The van der Waals surface area contributed by atoms with Gasteiger partial charge in [0.2, 0.25) is 0 Å². The molecule has 7 nitrogen and oxygen atoms in total. The van der Waals surface area contributed by atoms with E-state index in [0.717, 1.165) is 0 Å². The molecular weight excluding hydrogens is 464 g/mol. The summed E-state index contributed by atoms with van der Waals surface area (Å²) >= 11 is 1.19. The zero-order chi connectivity index (χ0) is 23.4. The van der Waals surface area contributed by atoms with Crippen molar-refractivity contribution in [3.8, 4) is 34.0 Å². The fraction of sp³-hybridized carbons (Fsp3) is 0.0952. The molecule has 4 rings (SSSR count). The van der Waals surface area contributed by atoms with Crippen LogP contribution in [-0.2, 0) is 0 Å². The molecule has 2 heterocycles. The number of H-pyrrole nitrogens is 1.